The maximum Gasteiger partial charge on any atom is 0.142 e. The summed E-state index contributed by atoms with van der Waals surface area (Å²) in [5.41, 5.74) is 6.93. The number of rotatable bonds is 4. The van der Waals surface area contributed by atoms with E-state index < -0.39 is 0 Å². The molecule has 92 valence electrons. The van der Waals surface area contributed by atoms with Gasteiger partial charge in [-0.15, -0.1) is 11.8 Å². The van der Waals surface area contributed by atoms with E-state index in [2.05, 4.69) is 9.97 Å². The van der Waals surface area contributed by atoms with Crippen LogP contribution in [0.1, 0.15) is 11.3 Å². The van der Waals surface area contributed by atoms with Crippen LogP contribution in [0.15, 0.2) is 41.7 Å². The summed E-state index contributed by atoms with van der Waals surface area (Å²) in [4.78, 5) is 8.29. The number of pyridine rings is 2. The smallest absolute Gasteiger partial charge is 0.142 e. The number of thioether (sulfide) groups is 1. The van der Waals surface area contributed by atoms with Gasteiger partial charge in [0, 0.05) is 18.1 Å². The van der Waals surface area contributed by atoms with Crippen molar-refractivity contribution < 1.29 is 0 Å². The highest BCUT2D eigenvalue weighted by Crippen LogP contribution is 2.22. The Bertz CT molecular complexity index is 556. The van der Waals surface area contributed by atoms with Crippen molar-refractivity contribution in [1.29, 1.82) is 5.41 Å². The summed E-state index contributed by atoms with van der Waals surface area (Å²) < 4.78 is 0. The fourth-order valence-electron chi connectivity index (χ4n) is 1.40. The SMILES string of the molecule is N=C(N)c1ncccc1CSc1ccc(Cl)cn1. The molecular formula is C12H11ClN4S. The highest BCUT2D eigenvalue weighted by Gasteiger charge is 2.07. The van der Waals surface area contributed by atoms with E-state index in [0.29, 0.717) is 16.5 Å². The summed E-state index contributed by atoms with van der Waals surface area (Å²) >= 11 is 7.32. The van der Waals surface area contributed by atoms with Gasteiger partial charge in [0.2, 0.25) is 0 Å². The Morgan fingerprint density at radius 1 is 1.33 bits per heavy atom. The van der Waals surface area contributed by atoms with Crippen LogP contribution in [0, 0.1) is 5.41 Å². The molecule has 0 aliphatic rings. The first-order valence-corrected chi connectivity index (χ1v) is 6.56. The first kappa shape index (κ1) is 12.9. The molecule has 2 aromatic rings. The summed E-state index contributed by atoms with van der Waals surface area (Å²) in [6.07, 6.45) is 3.24. The van der Waals surface area contributed by atoms with Crippen molar-refractivity contribution in [2.45, 2.75) is 10.8 Å². The molecule has 0 radical (unpaired) electrons. The van der Waals surface area contributed by atoms with Gasteiger partial charge in [-0.2, -0.15) is 0 Å². The first-order chi connectivity index (χ1) is 8.66. The third-order valence-electron chi connectivity index (χ3n) is 2.22. The summed E-state index contributed by atoms with van der Waals surface area (Å²) in [6, 6.07) is 7.40. The van der Waals surface area contributed by atoms with Gasteiger partial charge in [0.05, 0.1) is 10.0 Å². The van der Waals surface area contributed by atoms with Gasteiger partial charge in [-0.25, -0.2) is 4.98 Å². The van der Waals surface area contributed by atoms with Gasteiger partial charge in [0.25, 0.3) is 0 Å². The van der Waals surface area contributed by atoms with Crippen molar-refractivity contribution >= 4 is 29.2 Å². The fourth-order valence-corrected chi connectivity index (χ4v) is 2.34. The van der Waals surface area contributed by atoms with Crippen LogP contribution >= 0.6 is 23.4 Å². The van der Waals surface area contributed by atoms with E-state index >= 15 is 0 Å². The summed E-state index contributed by atoms with van der Waals surface area (Å²) in [5.74, 6) is 0.646. The molecule has 2 heterocycles. The van der Waals surface area contributed by atoms with Gasteiger partial charge >= 0.3 is 0 Å². The van der Waals surface area contributed by atoms with Crippen LogP contribution in [0.4, 0.5) is 0 Å². The Hall–Kier alpha value is -1.59. The summed E-state index contributed by atoms with van der Waals surface area (Å²) in [6.45, 7) is 0. The molecule has 0 saturated carbocycles. The van der Waals surface area contributed by atoms with Gasteiger partial charge in [-0.3, -0.25) is 10.4 Å². The predicted molar refractivity (Wildman–Crippen MR) is 74.1 cm³/mol. The molecule has 0 aromatic carbocycles. The first-order valence-electron chi connectivity index (χ1n) is 5.19. The third kappa shape index (κ3) is 3.21. The predicted octanol–water partition coefficient (Wildman–Crippen LogP) is 2.71. The second-order valence-corrected chi connectivity index (χ2v) is 4.96. The van der Waals surface area contributed by atoms with Crippen molar-refractivity contribution in [3.8, 4) is 0 Å². The molecule has 0 spiro atoms. The molecule has 0 amide bonds. The van der Waals surface area contributed by atoms with E-state index in [9.17, 15) is 0 Å². The highest BCUT2D eigenvalue weighted by atomic mass is 35.5. The Balaban J connectivity index is 2.10. The van der Waals surface area contributed by atoms with E-state index in [1.807, 2.05) is 18.2 Å². The van der Waals surface area contributed by atoms with Crippen LogP contribution in [0.2, 0.25) is 5.02 Å². The zero-order valence-electron chi connectivity index (χ0n) is 9.43. The average molecular weight is 279 g/mol. The van der Waals surface area contributed by atoms with Crippen LogP contribution in [0.5, 0.6) is 0 Å². The maximum atomic E-state index is 7.46. The summed E-state index contributed by atoms with van der Waals surface area (Å²) in [7, 11) is 0. The minimum atomic E-state index is -0.0183. The molecule has 18 heavy (non-hydrogen) atoms. The lowest BCUT2D eigenvalue weighted by molar-refractivity contribution is 1.13. The molecule has 2 rings (SSSR count). The topological polar surface area (TPSA) is 75.7 Å². The lowest BCUT2D eigenvalue weighted by Gasteiger charge is -2.06. The van der Waals surface area contributed by atoms with E-state index in [1.165, 1.54) is 0 Å². The monoisotopic (exact) mass is 278 g/mol. The molecule has 0 aliphatic heterocycles. The van der Waals surface area contributed by atoms with Crippen LogP contribution in [0.25, 0.3) is 0 Å². The van der Waals surface area contributed by atoms with Crippen LogP contribution < -0.4 is 5.73 Å². The molecule has 6 heteroatoms. The molecule has 2 aromatic heterocycles. The van der Waals surface area contributed by atoms with Crippen molar-refractivity contribution in [3.05, 3.63) is 52.9 Å². The number of hydrogen-bond acceptors (Lipinski definition) is 4. The molecule has 0 atom stereocenters. The molecular weight excluding hydrogens is 268 g/mol. The van der Waals surface area contributed by atoms with Crippen LogP contribution in [-0.2, 0) is 5.75 Å². The van der Waals surface area contributed by atoms with E-state index in [0.717, 1.165) is 10.6 Å². The van der Waals surface area contributed by atoms with E-state index in [-0.39, 0.29) is 5.84 Å². The Labute approximate surface area is 114 Å². The number of hydrogen-bond donors (Lipinski definition) is 2. The quantitative estimate of drug-likeness (QED) is 0.512. The number of nitrogens with zero attached hydrogens (tertiary/aromatic N) is 2. The molecule has 0 saturated heterocycles. The number of nitrogen functional groups attached to an aromatic ring is 1. The van der Waals surface area contributed by atoms with Crippen molar-refractivity contribution in [2.75, 3.05) is 0 Å². The highest BCUT2D eigenvalue weighted by molar-refractivity contribution is 7.98. The molecule has 3 N–H and O–H groups in total. The number of nitrogens with one attached hydrogen (secondary N) is 1. The summed E-state index contributed by atoms with van der Waals surface area (Å²) in [5, 5.41) is 8.95. The van der Waals surface area contributed by atoms with Gasteiger partial charge in [-0.1, -0.05) is 17.7 Å². The van der Waals surface area contributed by atoms with Crippen molar-refractivity contribution in [3.63, 3.8) is 0 Å². The maximum absolute atomic E-state index is 7.46. The normalized spacial score (nSPS) is 10.3. The minimum Gasteiger partial charge on any atom is -0.382 e. The number of aromatic nitrogens is 2. The van der Waals surface area contributed by atoms with Crippen molar-refractivity contribution in [1.82, 2.24) is 9.97 Å². The number of halogens is 1. The van der Waals surface area contributed by atoms with Gasteiger partial charge in [-0.05, 0) is 23.8 Å². The van der Waals surface area contributed by atoms with E-state index in [1.54, 1.807) is 30.2 Å². The molecule has 0 aliphatic carbocycles. The average Bonchev–Trinajstić information content (AvgIpc) is 2.38. The zero-order chi connectivity index (χ0) is 13.0. The molecule has 0 unspecified atom stereocenters. The lowest BCUT2D eigenvalue weighted by atomic mass is 10.2. The van der Waals surface area contributed by atoms with Crippen molar-refractivity contribution in [2.24, 2.45) is 5.73 Å². The largest absolute Gasteiger partial charge is 0.382 e. The van der Waals surface area contributed by atoms with Crippen LogP contribution in [0.3, 0.4) is 0 Å². The Morgan fingerprint density at radius 2 is 2.17 bits per heavy atom. The third-order valence-corrected chi connectivity index (χ3v) is 3.44. The molecule has 0 bridgehead atoms. The lowest BCUT2D eigenvalue weighted by Crippen LogP contribution is -2.15. The zero-order valence-corrected chi connectivity index (χ0v) is 11.0. The minimum absolute atomic E-state index is 0.0183. The van der Waals surface area contributed by atoms with Crippen LogP contribution in [-0.4, -0.2) is 15.8 Å². The van der Waals surface area contributed by atoms with Gasteiger partial charge < -0.3 is 5.73 Å². The molecule has 0 fully saturated rings. The number of nitrogens with two attached hydrogens (primary N) is 1. The fraction of sp³-hybridized carbons (Fsp3) is 0.0833. The Kier molecular flexibility index (Phi) is 4.17. The second kappa shape index (κ2) is 5.84. The number of amidine groups is 1. The molecule has 4 nitrogen and oxygen atoms in total. The standard InChI is InChI=1S/C12H11ClN4S/c13-9-3-4-10(17-6-9)18-7-8-2-1-5-16-11(8)12(14)15/h1-6H,7H2,(H3,14,15). The second-order valence-electron chi connectivity index (χ2n) is 3.53. The van der Waals surface area contributed by atoms with Gasteiger partial charge in [0.15, 0.2) is 0 Å². The van der Waals surface area contributed by atoms with Gasteiger partial charge in [0.1, 0.15) is 11.5 Å². The van der Waals surface area contributed by atoms with E-state index in [4.69, 9.17) is 22.7 Å². The Morgan fingerprint density at radius 3 is 2.83 bits per heavy atom.